The molecule has 1 aromatic heterocycles. The largest absolute Gasteiger partial charge is 0.497 e. The van der Waals surface area contributed by atoms with Crippen molar-refractivity contribution in [2.24, 2.45) is 4.99 Å². The van der Waals surface area contributed by atoms with Crippen LogP contribution >= 0.6 is 11.3 Å². The molecule has 0 aliphatic carbocycles. The maximum atomic E-state index is 13.8. The maximum Gasteiger partial charge on any atom is 0.338 e. The molecule has 0 spiro atoms. The number of carbonyl (C=O) groups excluding carboxylic acids is 1. The Morgan fingerprint density at radius 1 is 1.03 bits per heavy atom. The van der Waals surface area contributed by atoms with E-state index in [1.54, 1.807) is 77.0 Å². The summed E-state index contributed by atoms with van der Waals surface area (Å²) in [7, 11) is 4.73. The number of aromatic nitrogens is 1. The lowest BCUT2D eigenvalue weighted by atomic mass is 9.96. The quantitative estimate of drug-likeness (QED) is 0.456. The number of thiazole rings is 1. The highest BCUT2D eigenvalue weighted by Crippen LogP contribution is 2.32. The fraction of sp³-hybridized carbons (Fsp3) is 0.296. The van der Waals surface area contributed by atoms with Crippen molar-refractivity contribution >= 4 is 23.4 Å². The van der Waals surface area contributed by atoms with Gasteiger partial charge in [-0.3, -0.25) is 9.36 Å². The first-order valence-corrected chi connectivity index (χ1v) is 12.2. The Hall–Kier alpha value is -3.85. The van der Waals surface area contributed by atoms with Gasteiger partial charge in [-0.1, -0.05) is 23.5 Å². The Morgan fingerprint density at radius 2 is 1.69 bits per heavy atom. The SMILES string of the molecule is COc1ccc([C@@H]2C(C(=O)OC(C)C)=C(C)N=c3s/c(=C/c4ccc(OC)cc4OC)c(=O)n32)cc1. The van der Waals surface area contributed by atoms with E-state index in [2.05, 4.69) is 4.99 Å². The van der Waals surface area contributed by atoms with E-state index in [0.29, 0.717) is 37.9 Å². The highest BCUT2D eigenvalue weighted by atomic mass is 32.1. The molecule has 1 atom stereocenters. The average molecular weight is 509 g/mol. The summed E-state index contributed by atoms with van der Waals surface area (Å²) in [6.45, 7) is 5.33. The molecule has 0 bridgehead atoms. The minimum Gasteiger partial charge on any atom is -0.497 e. The van der Waals surface area contributed by atoms with Crippen molar-refractivity contribution in [2.75, 3.05) is 21.3 Å². The third kappa shape index (κ3) is 4.79. The first-order valence-electron chi connectivity index (χ1n) is 11.4. The van der Waals surface area contributed by atoms with Crippen LogP contribution in [0.2, 0.25) is 0 Å². The van der Waals surface area contributed by atoms with Crippen LogP contribution in [0.25, 0.3) is 6.08 Å². The van der Waals surface area contributed by atoms with Crippen LogP contribution in [0, 0.1) is 0 Å². The van der Waals surface area contributed by atoms with Crippen molar-refractivity contribution in [1.29, 1.82) is 0 Å². The van der Waals surface area contributed by atoms with Gasteiger partial charge in [-0.2, -0.15) is 0 Å². The standard InChI is InChI=1S/C27H28N2O6S/c1-15(2)35-26(31)23-16(3)28-27-29(24(23)17-7-10-19(32-4)11-8-17)25(30)22(36-27)13-18-9-12-20(33-5)14-21(18)34-6/h7-15,24H,1-6H3/b22-13+/t24-/m1/s1. The molecule has 188 valence electrons. The van der Waals surface area contributed by atoms with Gasteiger partial charge < -0.3 is 18.9 Å². The molecule has 3 aromatic rings. The van der Waals surface area contributed by atoms with E-state index < -0.39 is 12.0 Å². The number of nitrogens with zero attached hydrogens (tertiary/aromatic N) is 2. The molecule has 36 heavy (non-hydrogen) atoms. The van der Waals surface area contributed by atoms with E-state index in [4.69, 9.17) is 18.9 Å². The second kappa shape index (κ2) is 10.4. The Labute approximate surface area is 212 Å². The van der Waals surface area contributed by atoms with Crippen LogP contribution in [0.4, 0.5) is 0 Å². The predicted octanol–water partition coefficient (Wildman–Crippen LogP) is 3.21. The van der Waals surface area contributed by atoms with Crippen molar-refractivity contribution in [3.8, 4) is 17.2 Å². The van der Waals surface area contributed by atoms with E-state index in [0.717, 1.165) is 11.1 Å². The Balaban J connectivity index is 1.93. The number of hydrogen-bond donors (Lipinski definition) is 0. The fourth-order valence-electron chi connectivity index (χ4n) is 4.04. The molecule has 2 aromatic carbocycles. The van der Waals surface area contributed by atoms with Gasteiger partial charge in [-0.05, 0) is 56.7 Å². The third-order valence-corrected chi connectivity index (χ3v) is 6.73. The van der Waals surface area contributed by atoms with Crippen LogP contribution in [-0.2, 0) is 9.53 Å². The molecule has 0 N–H and O–H groups in total. The van der Waals surface area contributed by atoms with Gasteiger partial charge in [0.15, 0.2) is 4.80 Å². The van der Waals surface area contributed by atoms with E-state index >= 15 is 0 Å². The number of benzene rings is 2. The van der Waals surface area contributed by atoms with Crippen LogP contribution in [0.5, 0.6) is 17.2 Å². The highest BCUT2D eigenvalue weighted by Gasteiger charge is 2.33. The number of allylic oxidation sites excluding steroid dienone is 1. The molecule has 0 saturated heterocycles. The van der Waals surface area contributed by atoms with Crippen LogP contribution in [0.15, 0.2) is 63.5 Å². The number of methoxy groups -OCH3 is 3. The molecule has 2 heterocycles. The molecule has 8 nitrogen and oxygen atoms in total. The van der Waals surface area contributed by atoms with Gasteiger partial charge in [-0.15, -0.1) is 0 Å². The normalized spacial score (nSPS) is 15.4. The summed E-state index contributed by atoms with van der Waals surface area (Å²) in [5.41, 5.74) is 2.04. The number of rotatable bonds is 7. The third-order valence-electron chi connectivity index (χ3n) is 5.74. The first-order chi connectivity index (χ1) is 17.3. The van der Waals surface area contributed by atoms with Crippen LogP contribution in [-0.4, -0.2) is 38.0 Å². The Kier molecular flexibility index (Phi) is 7.30. The zero-order valence-electron chi connectivity index (χ0n) is 21.0. The predicted molar refractivity (Wildman–Crippen MR) is 138 cm³/mol. The Bertz CT molecular complexity index is 1500. The molecular weight excluding hydrogens is 480 g/mol. The van der Waals surface area contributed by atoms with Gasteiger partial charge in [0.25, 0.3) is 5.56 Å². The minimum atomic E-state index is -0.696. The van der Waals surface area contributed by atoms with E-state index in [1.165, 1.54) is 11.3 Å². The summed E-state index contributed by atoms with van der Waals surface area (Å²) in [6, 6.07) is 12.0. The summed E-state index contributed by atoms with van der Waals surface area (Å²) < 4.78 is 23.6. The number of hydrogen-bond acceptors (Lipinski definition) is 8. The molecule has 1 aliphatic rings. The second-order valence-electron chi connectivity index (χ2n) is 8.42. The zero-order chi connectivity index (χ0) is 26.0. The second-order valence-corrected chi connectivity index (χ2v) is 9.43. The molecule has 1 aliphatic heterocycles. The minimum absolute atomic E-state index is 0.264. The maximum absolute atomic E-state index is 13.8. The van der Waals surface area contributed by atoms with E-state index in [9.17, 15) is 9.59 Å². The zero-order valence-corrected chi connectivity index (χ0v) is 21.8. The number of carbonyl (C=O) groups is 1. The average Bonchev–Trinajstić information content (AvgIpc) is 3.17. The van der Waals surface area contributed by atoms with Gasteiger partial charge >= 0.3 is 5.97 Å². The lowest BCUT2D eigenvalue weighted by Gasteiger charge is -2.25. The smallest absolute Gasteiger partial charge is 0.338 e. The molecule has 0 radical (unpaired) electrons. The van der Waals surface area contributed by atoms with E-state index in [1.807, 2.05) is 18.2 Å². The molecule has 0 saturated carbocycles. The summed E-state index contributed by atoms with van der Waals surface area (Å²) in [5.74, 6) is 1.39. The number of fused-ring (bicyclic) bond motifs is 1. The van der Waals surface area contributed by atoms with Crippen molar-refractivity contribution in [2.45, 2.75) is 32.9 Å². The molecule has 9 heteroatoms. The summed E-state index contributed by atoms with van der Waals surface area (Å²) in [4.78, 5) is 32.1. The highest BCUT2D eigenvalue weighted by molar-refractivity contribution is 7.07. The molecular formula is C27H28N2O6S. The van der Waals surface area contributed by atoms with Gasteiger partial charge in [0.1, 0.15) is 17.2 Å². The van der Waals surface area contributed by atoms with Crippen LogP contribution in [0.3, 0.4) is 0 Å². The van der Waals surface area contributed by atoms with Crippen molar-refractivity contribution < 1.29 is 23.7 Å². The summed E-state index contributed by atoms with van der Waals surface area (Å²) in [6.07, 6.45) is 1.44. The summed E-state index contributed by atoms with van der Waals surface area (Å²) in [5, 5.41) is 0. The topological polar surface area (TPSA) is 88.4 Å². The van der Waals surface area contributed by atoms with Crippen LogP contribution in [0.1, 0.15) is 37.9 Å². The molecule has 0 unspecified atom stereocenters. The van der Waals surface area contributed by atoms with Gasteiger partial charge in [0.05, 0.1) is 49.3 Å². The van der Waals surface area contributed by atoms with Gasteiger partial charge in [-0.25, -0.2) is 9.79 Å². The number of esters is 1. The number of ether oxygens (including phenoxy) is 4. The van der Waals surface area contributed by atoms with Crippen LogP contribution < -0.4 is 29.1 Å². The monoisotopic (exact) mass is 508 g/mol. The molecule has 0 fully saturated rings. The lowest BCUT2D eigenvalue weighted by Crippen LogP contribution is -2.40. The van der Waals surface area contributed by atoms with Crippen molar-refractivity contribution in [1.82, 2.24) is 4.57 Å². The molecule has 4 rings (SSSR count). The lowest BCUT2D eigenvalue weighted by molar-refractivity contribution is -0.143. The van der Waals surface area contributed by atoms with Crippen molar-refractivity contribution in [3.05, 3.63) is 84.5 Å². The Morgan fingerprint density at radius 3 is 2.31 bits per heavy atom. The van der Waals surface area contributed by atoms with Crippen molar-refractivity contribution in [3.63, 3.8) is 0 Å². The first kappa shape index (κ1) is 25.2. The van der Waals surface area contributed by atoms with Gasteiger partial charge in [0, 0.05) is 11.6 Å². The molecule has 0 amide bonds. The van der Waals surface area contributed by atoms with E-state index in [-0.39, 0.29) is 11.7 Å². The summed E-state index contributed by atoms with van der Waals surface area (Å²) >= 11 is 1.25. The fourth-order valence-corrected chi connectivity index (χ4v) is 5.08. The van der Waals surface area contributed by atoms with Gasteiger partial charge in [0.2, 0.25) is 0 Å².